The fourth-order valence-corrected chi connectivity index (χ4v) is 9.05. The molecule has 14 nitrogen and oxygen atoms in total. The summed E-state index contributed by atoms with van der Waals surface area (Å²) < 4.78 is 72.6. The van der Waals surface area contributed by atoms with Crippen molar-refractivity contribution in [3.63, 3.8) is 0 Å². The maximum atomic E-state index is 14.3. The van der Waals surface area contributed by atoms with E-state index in [2.05, 4.69) is 5.92 Å². The van der Waals surface area contributed by atoms with Crippen molar-refractivity contribution in [2.75, 3.05) is 19.8 Å². The van der Waals surface area contributed by atoms with E-state index in [-0.39, 0.29) is 56.3 Å². The van der Waals surface area contributed by atoms with Crippen LogP contribution in [0, 0.1) is 12.3 Å². The molecule has 0 radical (unpaired) electrons. The van der Waals surface area contributed by atoms with Crippen molar-refractivity contribution in [2.45, 2.75) is 87.8 Å². The van der Waals surface area contributed by atoms with Gasteiger partial charge in [-0.2, -0.15) is 0 Å². The van der Waals surface area contributed by atoms with E-state index < -0.39 is 85.9 Å². The Balaban J connectivity index is 1.10. The number of benzene rings is 7. The summed E-state index contributed by atoms with van der Waals surface area (Å²) in [5, 5.41) is 0. The van der Waals surface area contributed by atoms with Gasteiger partial charge in [0.2, 0.25) is 0 Å². The van der Waals surface area contributed by atoms with Crippen molar-refractivity contribution >= 4 is 17.9 Å². The Kier molecular flexibility index (Phi) is 20.1. The summed E-state index contributed by atoms with van der Waals surface area (Å²) in [6.45, 7) is 0.0547. The molecule has 0 amide bonds. The molecule has 10 atom stereocenters. The van der Waals surface area contributed by atoms with Gasteiger partial charge in [-0.3, -0.25) is 0 Å². The lowest BCUT2D eigenvalue weighted by molar-refractivity contribution is -0.343. The number of carbonyl (C=O) groups excluding carboxylic acids is 3. The minimum absolute atomic E-state index is 0.0377. The molecule has 78 heavy (non-hydrogen) atoms. The van der Waals surface area contributed by atoms with Crippen LogP contribution >= 0.6 is 0 Å². The van der Waals surface area contributed by atoms with E-state index in [1.54, 1.807) is 91.0 Å². The monoisotopic (exact) mass is 1050 g/mol. The van der Waals surface area contributed by atoms with E-state index in [4.69, 9.17) is 58.5 Å². The number of carbonyl (C=O) groups is 3. The van der Waals surface area contributed by atoms with Gasteiger partial charge in [0.25, 0.3) is 0 Å². The first-order chi connectivity index (χ1) is 38.4. The second-order valence-electron chi connectivity index (χ2n) is 18.4. The third-order valence-electron chi connectivity index (χ3n) is 12.9. The molecule has 9 rings (SSSR count). The van der Waals surface area contributed by atoms with Gasteiger partial charge >= 0.3 is 17.9 Å². The first kappa shape index (κ1) is 55.0. The van der Waals surface area contributed by atoms with Gasteiger partial charge in [0.15, 0.2) is 30.9 Å². The molecule has 0 aromatic heterocycles. The van der Waals surface area contributed by atoms with Gasteiger partial charge in [0.1, 0.15) is 37.1 Å². The maximum absolute atomic E-state index is 14.3. The fourth-order valence-electron chi connectivity index (χ4n) is 9.05. The van der Waals surface area contributed by atoms with Crippen LogP contribution in [0.3, 0.4) is 0 Å². The molecule has 7 aromatic rings. The summed E-state index contributed by atoms with van der Waals surface area (Å²) in [6, 6.07) is 63.6. The topological polar surface area (TPSA) is 153 Å². The SMILES string of the molecule is C#CCO[C@H]1O[C@H](CO[C@H]2O[C@H](COCc3ccccc3)[C@@H](OCc3ccccc3)[C@H](OCc3ccccc3)[C@@H]2OCc2ccccc2)[C@@H](OC(=O)c2ccccc2)[C@H](OC(=O)c2ccccc2)[C@H]1OC(=O)c1ccccc1. The number of terminal acetylenes is 1. The predicted octanol–water partition coefficient (Wildman–Crippen LogP) is 9.75. The van der Waals surface area contributed by atoms with Gasteiger partial charge in [0, 0.05) is 0 Å². The summed E-state index contributed by atoms with van der Waals surface area (Å²) in [5.41, 5.74) is 4.16. The van der Waals surface area contributed by atoms with E-state index in [9.17, 15) is 14.4 Å². The van der Waals surface area contributed by atoms with Gasteiger partial charge in [-0.1, -0.05) is 182 Å². The van der Waals surface area contributed by atoms with Crippen LogP contribution in [0.25, 0.3) is 0 Å². The molecular weight excluding hydrogens is 993 g/mol. The number of hydrogen-bond donors (Lipinski definition) is 0. The molecular formula is C64H60O14. The van der Waals surface area contributed by atoms with Crippen LogP contribution in [0.15, 0.2) is 212 Å². The minimum atomic E-state index is -1.59. The van der Waals surface area contributed by atoms with Gasteiger partial charge in [-0.15, -0.1) is 6.42 Å². The lowest BCUT2D eigenvalue weighted by Gasteiger charge is -2.47. The lowest BCUT2D eigenvalue weighted by atomic mass is 9.96. The quantitative estimate of drug-likeness (QED) is 0.0321. The maximum Gasteiger partial charge on any atom is 0.338 e. The summed E-state index contributed by atoms with van der Waals surface area (Å²) in [7, 11) is 0. The third kappa shape index (κ3) is 15.2. The van der Waals surface area contributed by atoms with Crippen LogP contribution in [-0.2, 0) is 78.5 Å². The molecule has 2 aliphatic rings. The molecule has 0 aliphatic carbocycles. The zero-order valence-electron chi connectivity index (χ0n) is 42.7. The smallest absolute Gasteiger partial charge is 0.338 e. The van der Waals surface area contributed by atoms with E-state index in [1.165, 1.54) is 0 Å². The molecule has 400 valence electrons. The zero-order valence-corrected chi connectivity index (χ0v) is 42.7. The molecule has 0 spiro atoms. The Morgan fingerprint density at radius 3 is 1.14 bits per heavy atom. The highest BCUT2D eigenvalue weighted by molar-refractivity contribution is 5.91. The molecule has 2 heterocycles. The van der Waals surface area contributed by atoms with Crippen LogP contribution < -0.4 is 0 Å². The van der Waals surface area contributed by atoms with Crippen molar-refractivity contribution in [1.82, 2.24) is 0 Å². The van der Waals surface area contributed by atoms with Gasteiger partial charge in [-0.05, 0) is 58.7 Å². The van der Waals surface area contributed by atoms with E-state index in [1.807, 2.05) is 121 Å². The number of rotatable bonds is 24. The normalized spacial score (nSPS) is 22.8. The second kappa shape index (κ2) is 28.5. The first-order valence-corrected chi connectivity index (χ1v) is 25.7. The molecule has 2 saturated heterocycles. The van der Waals surface area contributed by atoms with Crippen LogP contribution in [0.5, 0.6) is 0 Å². The van der Waals surface area contributed by atoms with Gasteiger partial charge in [0.05, 0.1) is 56.3 Å². The fraction of sp³-hybridized carbons (Fsp3) is 0.266. The van der Waals surface area contributed by atoms with Gasteiger partial charge in [-0.25, -0.2) is 14.4 Å². The van der Waals surface area contributed by atoms with E-state index in [0.29, 0.717) is 0 Å². The zero-order chi connectivity index (χ0) is 53.7. The number of hydrogen-bond acceptors (Lipinski definition) is 14. The summed E-state index contributed by atoms with van der Waals surface area (Å²) in [5.74, 6) is 0.0239. The van der Waals surface area contributed by atoms with Crippen molar-refractivity contribution in [1.29, 1.82) is 0 Å². The van der Waals surface area contributed by atoms with E-state index >= 15 is 0 Å². The van der Waals surface area contributed by atoms with Crippen LogP contribution in [0.1, 0.15) is 53.3 Å². The van der Waals surface area contributed by atoms with Gasteiger partial charge < -0.3 is 52.1 Å². The second-order valence-corrected chi connectivity index (χ2v) is 18.4. The Labute approximate surface area is 454 Å². The van der Waals surface area contributed by atoms with Crippen molar-refractivity contribution < 1.29 is 66.5 Å². The van der Waals surface area contributed by atoms with E-state index in [0.717, 1.165) is 22.3 Å². The standard InChI is InChI=1S/C64H60O14/c1-2-38-69-64-59(78-62(67)51-36-22-9-23-37-51)57(77-61(66)50-34-20-8-21-35-50)55(76-60(65)49-32-18-7-19-33-49)53(75-64)44-73-63-58(72-42-48-30-16-6-17-31-48)56(71-41-47-28-14-5-15-29-47)54(70-40-46-26-12-4-13-27-46)52(74-63)43-68-39-45-24-10-3-11-25-45/h1,3-37,52-59,63-64H,38-44H2/t52-,53-,54-,55-,56+,57+,58+,59-,63+,64+/m1/s1. The summed E-state index contributed by atoms with van der Waals surface area (Å²) in [4.78, 5) is 42.6. The molecule has 0 N–H and O–H groups in total. The Hall–Kier alpha value is -7.81. The van der Waals surface area contributed by atoms with Crippen LogP contribution in [-0.4, -0.2) is 99.1 Å². The average molecular weight is 1050 g/mol. The first-order valence-electron chi connectivity index (χ1n) is 25.7. The highest BCUT2D eigenvalue weighted by Gasteiger charge is 2.55. The molecule has 2 fully saturated rings. The molecule has 2 aliphatic heterocycles. The largest absolute Gasteiger partial charge is 0.452 e. The number of esters is 3. The average Bonchev–Trinajstić information content (AvgIpc) is 3.55. The highest BCUT2D eigenvalue weighted by Crippen LogP contribution is 2.35. The number of ether oxygens (including phenoxy) is 11. The highest BCUT2D eigenvalue weighted by atomic mass is 16.8. The Bertz CT molecular complexity index is 2950. The van der Waals surface area contributed by atoms with Crippen LogP contribution in [0.4, 0.5) is 0 Å². The van der Waals surface area contributed by atoms with Crippen molar-refractivity contribution in [3.8, 4) is 12.3 Å². The molecule has 14 heteroatoms. The summed E-state index contributed by atoms with van der Waals surface area (Å²) >= 11 is 0. The Morgan fingerprint density at radius 1 is 0.359 bits per heavy atom. The molecule has 0 unspecified atom stereocenters. The predicted molar refractivity (Wildman–Crippen MR) is 286 cm³/mol. The Morgan fingerprint density at radius 2 is 0.705 bits per heavy atom. The lowest BCUT2D eigenvalue weighted by Crippen LogP contribution is -2.64. The minimum Gasteiger partial charge on any atom is -0.452 e. The molecule has 7 aromatic carbocycles. The summed E-state index contributed by atoms with van der Waals surface area (Å²) in [6.07, 6.45) is -6.51. The third-order valence-corrected chi connectivity index (χ3v) is 12.9. The molecule has 0 saturated carbocycles. The van der Waals surface area contributed by atoms with Crippen molar-refractivity contribution in [2.24, 2.45) is 0 Å². The van der Waals surface area contributed by atoms with Crippen molar-refractivity contribution in [3.05, 3.63) is 251 Å². The molecule has 0 bridgehead atoms. The van der Waals surface area contributed by atoms with Crippen LogP contribution in [0.2, 0.25) is 0 Å².